The van der Waals surface area contributed by atoms with Gasteiger partial charge in [-0.1, -0.05) is 12.1 Å². The number of esters is 1. The summed E-state index contributed by atoms with van der Waals surface area (Å²) < 4.78 is 21.7. The fraction of sp³-hybridized carbons (Fsp3) is 0.300. The molecule has 1 rings (SSSR count). The van der Waals surface area contributed by atoms with Crippen LogP contribution < -0.4 is 10.0 Å². The van der Waals surface area contributed by atoms with E-state index in [9.17, 15) is 9.36 Å². The molecule has 0 aliphatic heterocycles. The van der Waals surface area contributed by atoms with Crippen LogP contribution in [0, 0.1) is 0 Å². The molecule has 0 aromatic heterocycles. The highest BCUT2D eigenvalue weighted by atomic mass is 32.7. The van der Waals surface area contributed by atoms with Crippen LogP contribution in [-0.4, -0.2) is 18.8 Å². The fourth-order valence-electron chi connectivity index (χ4n) is 1.10. The van der Waals surface area contributed by atoms with Crippen molar-refractivity contribution in [3.8, 4) is 5.75 Å². The number of nitrogens with two attached hydrogens (primary N) is 1. The van der Waals surface area contributed by atoms with Gasteiger partial charge in [0.05, 0.1) is 6.61 Å². The Kier molecular flexibility index (Phi) is 5.05. The summed E-state index contributed by atoms with van der Waals surface area (Å²) in [5.74, 6) is -0.352. The smallest absolute Gasteiger partial charge is 0.371 e. The summed E-state index contributed by atoms with van der Waals surface area (Å²) in [6.45, 7) is -1.31. The van der Waals surface area contributed by atoms with Gasteiger partial charge in [0.2, 0.25) is 0 Å². The lowest BCUT2D eigenvalue weighted by atomic mass is 10.2. The molecule has 2 N–H and O–H groups in total. The third-order valence-corrected chi connectivity index (χ3v) is 4.57. The number of ether oxygens (including phenoxy) is 1. The van der Waals surface area contributed by atoms with Crippen LogP contribution in [0.4, 0.5) is 0 Å². The van der Waals surface area contributed by atoms with Crippen LogP contribution in [0.3, 0.4) is 0 Å². The molecule has 0 spiro atoms. The first kappa shape index (κ1) is 14.1. The maximum absolute atomic E-state index is 11.7. The van der Waals surface area contributed by atoms with E-state index < -0.39 is 12.7 Å². The van der Waals surface area contributed by atoms with Crippen molar-refractivity contribution < 1.29 is 18.6 Å². The van der Waals surface area contributed by atoms with E-state index in [0.29, 0.717) is 0 Å². The summed E-state index contributed by atoms with van der Waals surface area (Å²) in [7, 11) is 0. The lowest BCUT2D eigenvalue weighted by molar-refractivity contribution is 0.0524. The molecule has 0 amide bonds. The highest BCUT2D eigenvalue weighted by Gasteiger charge is 2.21. The molecule has 1 atom stereocenters. The Morgan fingerprint density at radius 3 is 2.71 bits per heavy atom. The van der Waals surface area contributed by atoms with E-state index in [1.165, 1.54) is 12.1 Å². The van der Waals surface area contributed by atoms with Crippen molar-refractivity contribution in [3.05, 3.63) is 29.8 Å². The molecule has 0 bridgehead atoms. The van der Waals surface area contributed by atoms with Gasteiger partial charge in [0.25, 0.3) is 0 Å². The van der Waals surface area contributed by atoms with Gasteiger partial charge in [0.15, 0.2) is 0 Å². The predicted molar refractivity (Wildman–Crippen MR) is 68.3 cm³/mol. The molecule has 0 heterocycles. The summed E-state index contributed by atoms with van der Waals surface area (Å²) in [6.07, 6.45) is 1.58. The Morgan fingerprint density at radius 2 is 2.12 bits per heavy atom. The van der Waals surface area contributed by atoms with Crippen molar-refractivity contribution in [2.45, 2.75) is 6.92 Å². The van der Waals surface area contributed by atoms with E-state index in [2.05, 4.69) is 0 Å². The summed E-state index contributed by atoms with van der Waals surface area (Å²) in [5.41, 5.74) is 5.65. The predicted octanol–water partition coefficient (Wildman–Crippen LogP) is 2.67. The van der Waals surface area contributed by atoms with Crippen LogP contribution >= 0.6 is 18.1 Å². The van der Waals surface area contributed by atoms with Crippen LogP contribution in [0.2, 0.25) is 0 Å². The van der Waals surface area contributed by atoms with E-state index in [4.69, 9.17) is 14.8 Å². The summed E-state index contributed by atoms with van der Waals surface area (Å²) in [4.78, 5) is 11.6. The quantitative estimate of drug-likeness (QED) is 0.657. The van der Waals surface area contributed by atoms with E-state index in [0.717, 1.165) is 11.4 Å². The zero-order valence-electron chi connectivity index (χ0n) is 9.58. The standard InChI is InChI=1S/C10H14NO4PS/c1-3-14-10(12)8-6-4-5-7-9(8)15-16(11,13)17-2/h4-7H,3H2,1-2H3,(H2,11,13). The summed E-state index contributed by atoms with van der Waals surface area (Å²) in [5, 5.41) is 0. The van der Waals surface area contributed by atoms with Crippen LogP contribution in [-0.2, 0) is 9.30 Å². The number of benzene rings is 1. The molecular weight excluding hydrogens is 261 g/mol. The summed E-state index contributed by atoms with van der Waals surface area (Å²) >= 11 is 0.915. The Balaban J connectivity index is 3.00. The third kappa shape index (κ3) is 4.07. The minimum atomic E-state index is -3.27. The molecule has 0 saturated carbocycles. The maximum Gasteiger partial charge on any atom is 0.371 e. The first-order chi connectivity index (χ1) is 8.00. The minimum absolute atomic E-state index is 0.172. The van der Waals surface area contributed by atoms with Gasteiger partial charge < -0.3 is 9.26 Å². The molecule has 0 radical (unpaired) electrons. The van der Waals surface area contributed by atoms with Gasteiger partial charge in [0, 0.05) is 0 Å². The average molecular weight is 275 g/mol. The lowest BCUT2D eigenvalue weighted by Crippen LogP contribution is -2.08. The fourth-order valence-corrected chi connectivity index (χ4v) is 2.07. The van der Waals surface area contributed by atoms with Gasteiger partial charge >= 0.3 is 12.7 Å². The molecule has 1 aromatic carbocycles. The molecular formula is C10H14NO4PS. The Labute approximate surface area is 104 Å². The maximum atomic E-state index is 11.7. The normalized spacial score (nSPS) is 13.8. The molecule has 1 unspecified atom stereocenters. The third-order valence-electron chi connectivity index (χ3n) is 1.86. The first-order valence-corrected chi connectivity index (χ1v) is 8.42. The number of hydrogen-bond donors (Lipinski definition) is 1. The van der Waals surface area contributed by atoms with Crippen LogP contribution in [0.25, 0.3) is 0 Å². The second kappa shape index (κ2) is 6.10. The summed E-state index contributed by atoms with van der Waals surface area (Å²) in [6, 6.07) is 6.40. The van der Waals surface area contributed by atoms with Crippen molar-refractivity contribution in [1.29, 1.82) is 0 Å². The van der Waals surface area contributed by atoms with Crippen molar-refractivity contribution in [1.82, 2.24) is 0 Å². The number of carbonyl (C=O) groups is 1. The second-order valence-electron chi connectivity index (χ2n) is 3.03. The highest BCUT2D eigenvalue weighted by Crippen LogP contribution is 2.50. The second-order valence-corrected chi connectivity index (χ2v) is 7.28. The zero-order chi connectivity index (χ0) is 12.9. The average Bonchev–Trinajstić information content (AvgIpc) is 2.29. The van der Waals surface area contributed by atoms with Gasteiger partial charge in [0.1, 0.15) is 11.3 Å². The minimum Gasteiger partial charge on any atom is -0.462 e. The largest absolute Gasteiger partial charge is 0.462 e. The monoisotopic (exact) mass is 275 g/mol. The van der Waals surface area contributed by atoms with Gasteiger partial charge in [-0.2, -0.15) is 0 Å². The van der Waals surface area contributed by atoms with Crippen molar-refractivity contribution >= 4 is 24.1 Å². The van der Waals surface area contributed by atoms with E-state index >= 15 is 0 Å². The Hall–Kier alpha value is -0.970. The lowest BCUT2D eigenvalue weighted by Gasteiger charge is -2.14. The van der Waals surface area contributed by atoms with Crippen molar-refractivity contribution in [2.24, 2.45) is 5.50 Å². The van der Waals surface area contributed by atoms with Gasteiger partial charge in [-0.05, 0) is 36.7 Å². The molecule has 94 valence electrons. The van der Waals surface area contributed by atoms with Gasteiger partial charge in [-0.25, -0.2) is 14.9 Å². The SMILES string of the molecule is CCOC(=O)c1ccccc1OP(N)(=O)SC. The molecule has 0 saturated heterocycles. The highest BCUT2D eigenvalue weighted by molar-refractivity contribution is 8.55. The molecule has 1 aromatic rings. The topological polar surface area (TPSA) is 78.6 Å². The first-order valence-electron chi connectivity index (χ1n) is 4.90. The van der Waals surface area contributed by atoms with Crippen molar-refractivity contribution in [3.63, 3.8) is 0 Å². The van der Waals surface area contributed by atoms with E-state index in [1.807, 2.05) is 0 Å². The number of hydrogen-bond acceptors (Lipinski definition) is 5. The number of carbonyl (C=O) groups excluding carboxylic acids is 1. The zero-order valence-corrected chi connectivity index (χ0v) is 11.3. The van der Waals surface area contributed by atoms with Gasteiger partial charge in [-0.15, -0.1) is 0 Å². The molecule has 5 nitrogen and oxygen atoms in total. The van der Waals surface area contributed by atoms with E-state index in [1.54, 1.807) is 25.3 Å². The number of para-hydroxylation sites is 1. The molecule has 0 fully saturated rings. The van der Waals surface area contributed by atoms with Gasteiger partial charge in [-0.3, -0.25) is 0 Å². The molecule has 7 heteroatoms. The van der Waals surface area contributed by atoms with Crippen LogP contribution in [0.15, 0.2) is 24.3 Å². The van der Waals surface area contributed by atoms with Crippen molar-refractivity contribution in [2.75, 3.05) is 12.9 Å². The molecule has 0 aliphatic carbocycles. The Bertz CT molecular complexity index is 452. The molecule has 0 aliphatic rings. The van der Waals surface area contributed by atoms with Crippen LogP contribution in [0.5, 0.6) is 5.75 Å². The Morgan fingerprint density at radius 1 is 1.47 bits per heavy atom. The number of rotatable bonds is 5. The molecule has 17 heavy (non-hydrogen) atoms. The van der Waals surface area contributed by atoms with E-state index in [-0.39, 0.29) is 17.9 Å². The van der Waals surface area contributed by atoms with Crippen LogP contribution in [0.1, 0.15) is 17.3 Å².